The molecule has 0 bridgehead atoms. The Bertz CT molecular complexity index is 965. The van der Waals surface area contributed by atoms with E-state index in [0.717, 1.165) is 17.8 Å². The van der Waals surface area contributed by atoms with Crippen molar-refractivity contribution in [3.63, 3.8) is 0 Å². The quantitative estimate of drug-likeness (QED) is 0.643. The number of carbonyl (C=O) groups is 2. The molecule has 2 heterocycles. The third-order valence-electron chi connectivity index (χ3n) is 4.28. The van der Waals surface area contributed by atoms with Crippen molar-refractivity contribution in [2.75, 3.05) is 11.9 Å². The zero-order chi connectivity index (χ0) is 21.4. The maximum Gasteiger partial charge on any atom is 0.253 e. The average Bonchev–Trinajstić information content (AvgIpc) is 3.34. The molecule has 0 saturated carbocycles. The van der Waals surface area contributed by atoms with Gasteiger partial charge in [0.05, 0.1) is 17.8 Å². The highest BCUT2D eigenvalue weighted by atomic mass is 32.1. The fraction of sp³-hybridized carbons (Fsp3) is 0.333. The molecule has 0 spiro atoms. The van der Waals surface area contributed by atoms with Gasteiger partial charge < -0.3 is 15.2 Å². The van der Waals surface area contributed by atoms with E-state index in [4.69, 9.17) is 0 Å². The number of carbonyl (C=O) groups excluding carboxylic acids is 2. The molecule has 0 atom stereocenters. The first kappa shape index (κ1) is 22.3. The van der Waals surface area contributed by atoms with Gasteiger partial charge in [-0.25, -0.2) is 4.98 Å². The van der Waals surface area contributed by atoms with Gasteiger partial charge in [0.15, 0.2) is 5.13 Å². The molecule has 0 aliphatic rings. The highest BCUT2D eigenvalue weighted by Crippen LogP contribution is 2.18. The van der Waals surface area contributed by atoms with Gasteiger partial charge in [-0.05, 0) is 39.3 Å². The Labute approximate surface area is 175 Å². The van der Waals surface area contributed by atoms with Crippen molar-refractivity contribution in [3.05, 3.63) is 58.5 Å². The average molecular weight is 414 g/mol. The molecule has 2 aromatic rings. The van der Waals surface area contributed by atoms with Gasteiger partial charge in [-0.2, -0.15) is 0 Å². The van der Waals surface area contributed by atoms with Crippen molar-refractivity contribution in [1.82, 2.24) is 14.9 Å². The number of nitrogens with zero attached hydrogens (tertiary/aromatic N) is 3. The van der Waals surface area contributed by atoms with E-state index in [9.17, 15) is 9.59 Å². The number of anilines is 1. The largest absolute Gasteiger partial charge is 0.356 e. The Hall–Kier alpha value is -3.00. The summed E-state index contributed by atoms with van der Waals surface area (Å²) < 4.78 is 1.77. The lowest BCUT2D eigenvalue weighted by Crippen LogP contribution is -2.32. The van der Waals surface area contributed by atoms with Crippen molar-refractivity contribution in [2.24, 2.45) is 12.0 Å². The SMILES string of the molecule is C/C=C\C(=NC(C)=C(C)CC)c1csc(NC(=O)CNC(=O)c2ccn(C)c2)n1. The van der Waals surface area contributed by atoms with E-state index in [1.165, 1.54) is 16.9 Å². The Balaban J connectivity index is 2.01. The number of allylic oxidation sites excluding steroid dienone is 4. The fourth-order valence-corrected chi connectivity index (χ4v) is 3.10. The minimum absolute atomic E-state index is 0.129. The summed E-state index contributed by atoms with van der Waals surface area (Å²) in [5.41, 5.74) is 4.12. The molecule has 29 heavy (non-hydrogen) atoms. The van der Waals surface area contributed by atoms with Gasteiger partial charge in [-0.3, -0.25) is 14.6 Å². The van der Waals surface area contributed by atoms with Gasteiger partial charge in [-0.1, -0.05) is 18.6 Å². The number of thiazole rings is 1. The number of hydrogen-bond donors (Lipinski definition) is 2. The zero-order valence-corrected chi connectivity index (χ0v) is 18.3. The second kappa shape index (κ2) is 10.5. The lowest BCUT2D eigenvalue weighted by molar-refractivity contribution is -0.115. The van der Waals surface area contributed by atoms with Crippen LogP contribution in [0.4, 0.5) is 5.13 Å². The van der Waals surface area contributed by atoms with Crippen LogP contribution in [0.1, 0.15) is 50.2 Å². The summed E-state index contributed by atoms with van der Waals surface area (Å²) in [6.07, 6.45) is 8.21. The van der Waals surface area contributed by atoms with E-state index in [1.807, 2.05) is 38.4 Å². The minimum atomic E-state index is -0.336. The highest BCUT2D eigenvalue weighted by Gasteiger charge is 2.12. The van der Waals surface area contributed by atoms with E-state index in [0.29, 0.717) is 16.4 Å². The third kappa shape index (κ3) is 6.53. The molecule has 2 aromatic heterocycles. The van der Waals surface area contributed by atoms with Crippen LogP contribution in [0.3, 0.4) is 0 Å². The van der Waals surface area contributed by atoms with Crippen LogP contribution in [-0.2, 0) is 11.8 Å². The summed E-state index contributed by atoms with van der Waals surface area (Å²) in [5.74, 6) is -0.630. The number of amides is 2. The minimum Gasteiger partial charge on any atom is -0.356 e. The van der Waals surface area contributed by atoms with Gasteiger partial charge in [0, 0.05) is 30.5 Å². The van der Waals surface area contributed by atoms with E-state index in [-0.39, 0.29) is 18.4 Å². The molecule has 0 radical (unpaired) electrons. The van der Waals surface area contributed by atoms with Crippen molar-refractivity contribution < 1.29 is 9.59 Å². The lowest BCUT2D eigenvalue weighted by atomic mass is 10.2. The number of aryl methyl sites for hydroxylation is 1. The molecule has 0 unspecified atom stereocenters. The van der Waals surface area contributed by atoms with Gasteiger partial charge in [0.2, 0.25) is 5.91 Å². The van der Waals surface area contributed by atoms with Crippen LogP contribution in [0.25, 0.3) is 0 Å². The molecular formula is C21H27N5O2S. The number of rotatable bonds is 8. The summed E-state index contributed by atoms with van der Waals surface area (Å²) in [5, 5.41) is 7.63. The number of nitrogens with one attached hydrogen (secondary N) is 2. The monoisotopic (exact) mass is 413 g/mol. The molecule has 154 valence electrons. The van der Waals surface area contributed by atoms with E-state index < -0.39 is 0 Å². The normalized spacial score (nSPS) is 12.8. The smallest absolute Gasteiger partial charge is 0.253 e. The number of hydrogen-bond acceptors (Lipinski definition) is 5. The molecule has 0 aromatic carbocycles. The van der Waals surface area contributed by atoms with Gasteiger partial charge in [-0.15, -0.1) is 11.3 Å². The molecule has 8 heteroatoms. The number of aliphatic imine (C=N–C) groups is 1. The van der Waals surface area contributed by atoms with Gasteiger partial charge >= 0.3 is 0 Å². The van der Waals surface area contributed by atoms with Gasteiger partial charge in [0.1, 0.15) is 5.69 Å². The summed E-state index contributed by atoms with van der Waals surface area (Å²) in [4.78, 5) is 33.3. The summed E-state index contributed by atoms with van der Waals surface area (Å²) in [6, 6.07) is 1.69. The molecule has 0 aliphatic heterocycles. The maximum absolute atomic E-state index is 12.1. The second-order valence-corrected chi connectivity index (χ2v) is 7.41. The topological polar surface area (TPSA) is 88.4 Å². The molecule has 2 N–H and O–H groups in total. The van der Waals surface area contributed by atoms with Crippen LogP contribution in [0.15, 0.2) is 52.3 Å². The molecule has 2 rings (SSSR count). The van der Waals surface area contributed by atoms with Crippen LogP contribution in [0, 0.1) is 0 Å². The standard InChI is InChI=1S/C21H27N5O2S/c1-6-8-17(23-15(4)14(3)7-2)18-13-29-21(24-18)25-19(27)11-22-20(28)16-9-10-26(5)12-16/h6,8-10,12-13H,7,11H2,1-5H3,(H,22,28)(H,24,25,27)/b8-6-,15-14?,23-17?. The predicted molar refractivity (Wildman–Crippen MR) is 119 cm³/mol. The molecule has 0 aliphatic carbocycles. The molecule has 0 fully saturated rings. The predicted octanol–water partition coefficient (Wildman–Crippen LogP) is 3.92. The molecule has 2 amide bonds. The van der Waals surface area contributed by atoms with Crippen LogP contribution < -0.4 is 10.6 Å². The summed E-state index contributed by atoms with van der Waals surface area (Å²) in [6.45, 7) is 7.92. The first-order valence-corrected chi connectivity index (χ1v) is 10.3. The summed E-state index contributed by atoms with van der Waals surface area (Å²) in [7, 11) is 1.83. The Morgan fingerprint density at radius 2 is 2.10 bits per heavy atom. The third-order valence-corrected chi connectivity index (χ3v) is 5.03. The van der Waals surface area contributed by atoms with Gasteiger partial charge in [0.25, 0.3) is 5.91 Å². The van der Waals surface area contributed by atoms with Crippen molar-refractivity contribution in [1.29, 1.82) is 0 Å². The highest BCUT2D eigenvalue weighted by molar-refractivity contribution is 7.14. The van der Waals surface area contributed by atoms with Crippen LogP contribution >= 0.6 is 11.3 Å². The first-order valence-electron chi connectivity index (χ1n) is 9.37. The van der Waals surface area contributed by atoms with E-state index in [2.05, 4.69) is 34.5 Å². The van der Waals surface area contributed by atoms with Crippen molar-refractivity contribution >= 4 is 34.0 Å². The van der Waals surface area contributed by atoms with Crippen LogP contribution in [-0.4, -0.2) is 33.6 Å². The van der Waals surface area contributed by atoms with Crippen LogP contribution in [0.5, 0.6) is 0 Å². The van der Waals surface area contributed by atoms with Crippen molar-refractivity contribution in [3.8, 4) is 0 Å². The Kier molecular flexibility index (Phi) is 8.09. The maximum atomic E-state index is 12.1. The molecular weight excluding hydrogens is 386 g/mol. The van der Waals surface area contributed by atoms with Crippen LogP contribution in [0.2, 0.25) is 0 Å². The summed E-state index contributed by atoms with van der Waals surface area (Å²) >= 11 is 1.32. The fourth-order valence-electron chi connectivity index (χ4n) is 2.38. The second-order valence-electron chi connectivity index (χ2n) is 6.55. The molecule has 0 saturated heterocycles. The van der Waals surface area contributed by atoms with E-state index >= 15 is 0 Å². The Morgan fingerprint density at radius 1 is 1.34 bits per heavy atom. The zero-order valence-electron chi connectivity index (χ0n) is 17.4. The lowest BCUT2D eigenvalue weighted by Gasteiger charge is -2.04. The van der Waals surface area contributed by atoms with E-state index in [1.54, 1.807) is 23.0 Å². The Morgan fingerprint density at radius 3 is 2.72 bits per heavy atom. The molecule has 7 nitrogen and oxygen atoms in total. The first-order chi connectivity index (χ1) is 13.8. The van der Waals surface area contributed by atoms with Crippen molar-refractivity contribution in [2.45, 2.75) is 34.1 Å². The number of aromatic nitrogens is 2.